The topological polar surface area (TPSA) is 47.3 Å². The van der Waals surface area contributed by atoms with Gasteiger partial charge in [0.1, 0.15) is 5.75 Å². The molecule has 0 unspecified atom stereocenters. The van der Waals surface area contributed by atoms with E-state index in [1.807, 2.05) is 0 Å². The molecule has 0 saturated heterocycles. The van der Waals surface area contributed by atoms with Crippen LogP contribution in [0.4, 0.5) is 14.5 Å². The molecule has 0 aliphatic carbocycles. The first kappa shape index (κ1) is 12.1. The van der Waals surface area contributed by atoms with E-state index in [0.717, 1.165) is 0 Å². The number of hydrogen-bond acceptors (Lipinski definition) is 2. The molecule has 82 valence electrons. The molecule has 0 radical (unpaired) electrons. The third kappa shape index (κ3) is 4.39. The number of thiocarbonyl (C=S) groups is 1. The van der Waals surface area contributed by atoms with Crippen LogP contribution >= 0.6 is 28.1 Å². The normalized spacial score (nSPS) is 10.1. The Balaban J connectivity index is 2.89. The number of halogens is 3. The van der Waals surface area contributed by atoms with E-state index >= 15 is 0 Å². The van der Waals surface area contributed by atoms with Gasteiger partial charge in [0.2, 0.25) is 0 Å². The van der Waals surface area contributed by atoms with Gasteiger partial charge in [-0.25, -0.2) is 0 Å². The zero-order valence-electron chi connectivity index (χ0n) is 7.34. The highest BCUT2D eigenvalue weighted by Crippen LogP contribution is 2.25. The van der Waals surface area contributed by atoms with Crippen molar-refractivity contribution in [1.29, 1.82) is 0 Å². The van der Waals surface area contributed by atoms with Gasteiger partial charge in [-0.2, -0.15) is 8.78 Å². The molecule has 1 rings (SSSR count). The van der Waals surface area contributed by atoms with Crippen LogP contribution in [0.3, 0.4) is 0 Å². The second-order valence-corrected chi connectivity index (χ2v) is 3.90. The van der Waals surface area contributed by atoms with E-state index in [1.165, 1.54) is 12.1 Å². The molecule has 3 N–H and O–H groups in total. The maximum Gasteiger partial charge on any atom is 0.387 e. The van der Waals surface area contributed by atoms with Crippen molar-refractivity contribution in [3.8, 4) is 5.75 Å². The molecule has 7 heteroatoms. The monoisotopic (exact) mass is 296 g/mol. The van der Waals surface area contributed by atoms with E-state index < -0.39 is 6.61 Å². The second kappa shape index (κ2) is 5.22. The predicted octanol–water partition coefficient (Wildman–Crippen LogP) is 2.71. The standard InChI is InChI=1S/C8H7BrF2N2OS/c9-4-1-5(13-8(12)15)3-6(2-4)14-7(10)11/h1-3,7H,(H3,12,13,15). The Bertz CT molecular complexity index is 376. The minimum absolute atomic E-state index is 0.0260. The van der Waals surface area contributed by atoms with Gasteiger partial charge in [0.25, 0.3) is 0 Å². The van der Waals surface area contributed by atoms with Gasteiger partial charge in [0.05, 0.1) is 0 Å². The van der Waals surface area contributed by atoms with Gasteiger partial charge < -0.3 is 15.8 Å². The fraction of sp³-hybridized carbons (Fsp3) is 0.125. The summed E-state index contributed by atoms with van der Waals surface area (Å²) in [6.45, 7) is -2.86. The molecule has 0 saturated carbocycles. The van der Waals surface area contributed by atoms with Gasteiger partial charge >= 0.3 is 6.61 Å². The molecule has 0 aliphatic rings. The summed E-state index contributed by atoms with van der Waals surface area (Å²) in [5.41, 5.74) is 5.72. The average molecular weight is 297 g/mol. The summed E-state index contributed by atoms with van der Waals surface area (Å²) < 4.78 is 28.7. The Labute approximate surface area is 98.7 Å². The Morgan fingerprint density at radius 1 is 1.47 bits per heavy atom. The van der Waals surface area contributed by atoms with Gasteiger partial charge in [-0.1, -0.05) is 15.9 Å². The van der Waals surface area contributed by atoms with Gasteiger partial charge in [0.15, 0.2) is 5.11 Å². The van der Waals surface area contributed by atoms with Crippen molar-refractivity contribution in [3.05, 3.63) is 22.7 Å². The summed E-state index contributed by atoms with van der Waals surface area (Å²) >= 11 is 7.76. The number of anilines is 1. The van der Waals surface area contributed by atoms with Crippen molar-refractivity contribution in [3.63, 3.8) is 0 Å². The number of ether oxygens (including phenoxy) is 1. The Morgan fingerprint density at radius 2 is 2.13 bits per heavy atom. The Hall–Kier alpha value is -0.950. The number of rotatable bonds is 3. The highest BCUT2D eigenvalue weighted by Gasteiger charge is 2.06. The highest BCUT2D eigenvalue weighted by atomic mass is 79.9. The fourth-order valence-electron chi connectivity index (χ4n) is 0.948. The molecule has 0 amide bonds. The summed E-state index contributed by atoms with van der Waals surface area (Å²) in [7, 11) is 0. The summed E-state index contributed by atoms with van der Waals surface area (Å²) in [4.78, 5) is 0. The molecule has 0 bridgehead atoms. The second-order valence-electron chi connectivity index (χ2n) is 2.54. The molecule has 0 aliphatic heterocycles. The van der Waals surface area contributed by atoms with Crippen LogP contribution in [0.15, 0.2) is 22.7 Å². The molecular weight excluding hydrogens is 290 g/mol. The van der Waals surface area contributed by atoms with Gasteiger partial charge in [-0.3, -0.25) is 0 Å². The zero-order chi connectivity index (χ0) is 11.4. The van der Waals surface area contributed by atoms with Crippen LogP contribution in [0.5, 0.6) is 5.75 Å². The smallest absolute Gasteiger partial charge is 0.387 e. The minimum atomic E-state index is -2.86. The van der Waals surface area contributed by atoms with Crippen molar-refractivity contribution in [2.24, 2.45) is 5.73 Å². The number of nitrogens with one attached hydrogen (secondary N) is 1. The predicted molar refractivity (Wildman–Crippen MR) is 61.2 cm³/mol. The lowest BCUT2D eigenvalue weighted by molar-refractivity contribution is -0.0498. The summed E-state index contributed by atoms with van der Waals surface area (Å²) in [5, 5.41) is 2.67. The van der Waals surface area contributed by atoms with Crippen molar-refractivity contribution >= 4 is 38.9 Å². The molecular formula is C8H7BrF2N2OS. The molecule has 0 spiro atoms. The maximum absolute atomic E-state index is 11.9. The zero-order valence-corrected chi connectivity index (χ0v) is 9.74. The van der Waals surface area contributed by atoms with Crippen LogP contribution < -0.4 is 15.8 Å². The first-order valence-corrected chi connectivity index (χ1v) is 4.99. The first-order valence-electron chi connectivity index (χ1n) is 3.79. The summed E-state index contributed by atoms with van der Waals surface area (Å²) in [5.74, 6) is 0.0260. The molecule has 1 aromatic rings. The number of nitrogens with two attached hydrogens (primary N) is 1. The van der Waals surface area contributed by atoms with Gasteiger partial charge in [0, 0.05) is 16.2 Å². The molecule has 0 heterocycles. The largest absolute Gasteiger partial charge is 0.435 e. The number of alkyl halides is 2. The lowest BCUT2D eigenvalue weighted by atomic mass is 10.3. The third-order valence-corrected chi connectivity index (χ3v) is 1.92. The molecule has 0 fully saturated rings. The average Bonchev–Trinajstić information content (AvgIpc) is 1.98. The van der Waals surface area contributed by atoms with Crippen LogP contribution in [0.1, 0.15) is 0 Å². The van der Waals surface area contributed by atoms with Crippen LogP contribution in [0.25, 0.3) is 0 Å². The third-order valence-electron chi connectivity index (χ3n) is 1.36. The van der Waals surface area contributed by atoms with E-state index in [2.05, 4.69) is 38.2 Å². The van der Waals surface area contributed by atoms with Crippen LogP contribution in [-0.2, 0) is 0 Å². The van der Waals surface area contributed by atoms with Crippen LogP contribution in [0.2, 0.25) is 0 Å². The quantitative estimate of drug-likeness (QED) is 0.842. The summed E-state index contributed by atoms with van der Waals surface area (Å²) in [6.07, 6.45) is 0. The van der Waals surface area contributed by atoms with Crippen molar-refractivity contribution < 1.29 is 13.5 Å². The van der Waals surface area contributed by atoms with E-state index in [0.29, 0.717) is 10.2 Å². The Morgan fingerprint density at radius 3 is 2.67 bits per heavy atom. The van der Waals surface area contributed by atoms with Crippen LogP contribution in [0, 0.1) is 0 Å². The molecule has 0 aromatic heterocycles. The molecule has 3 nitrogen and oxygen atoms in total. The SMILES string of the molecule is NC(=S)Nc1cc(Br)cc(OC(F)F)c1. The fourth-order valence-corrected chi connectivity index (χ4v) is 1.54. The minimum Gasteiger partial charge on any atom is -0.435 e. The van der Waals surface area contributed by atoms with E-state index in [9.17, 15) is 8.78 Å². The molecule has 15 heavy (non-hydrogen) atoms. The van der Waals surface area contributed by atoms with Crippen LogP contribution in [-0.4, -0.2) is 11.7 Å². The van der Waals surface area contributed by atoms with Gasteiger partial charge in [-0.05, 0) is 24.4 Å². The van der Waals surface area contributed by atoms with E-state index in [-0.39, 0.29) is 10.9 Å². The summed E-state index contributed by atoms with van der Waals surface area (Å²) in [6, 6.07) is 4.42. The molecule has 0 atom stereocenters. The van der Waals surface area contributed by atoms with Crippen molar-refractivity contribution in [2.45, 2.75) is 6.61 Å². The lowest BCUT2D eigenvalue weighted by Crippen LogP contribution is -2.18. The van der Waals surface area contributed by atoms with Crippen molar-refractivity contribution in [1.82, 2.24) is 0 Å². The number of benzene rings is 1. The first-order chi connectivity index (χ1) is 6.97. The highest BCUT2D eigenvalue weighted by molar-refractivity contribution is 9.10. The van der Waals surface area contributed by atoms with Crippen molar-refractivity contribution in [2.75, 3.05) is 5.32 Å². The Kier molecular flexibility index (Phi) is 4.22. The van der Waals surface area contributed by atoms with E-state index in [4.69, 9.17) is 5.73 Å². The maximum atomic E-state index is 11.9. The van der Waals surface area contributed by atoms with E-state index in [1.54, 1.807) is 6.07 Å². The molecule has 1 aromatic carbocycles. The lowest BCUT2D eigenvalue weighted by Gasteiger charge is -2.08. The number of hydrogen-bond donors (Lipinski definition) is 2. The van der Waals surface area contributed by atoms with Gasteiger partial charge in [-0.15, -0.1) is 0 Å².